The van der Waals surface area contributed by atoms with Crippen molar-refractivity contribution in [2.75, 3.05) is 4.90 Å². The van der Waals surface area contributed by atoms with E-state index < -0.39 is 0 Å². The van der Waals surface area contributed by atoms with Gasteiger partial charge in [0, 0.05) is 27.5 Å². The second-order valence-corrected chi connectivity index (χ2v) is 12.6. The molecule has 1 aromatic heterocycles. The molecule has 0 unspecified atom stereocenters. The fraction of sp³-hybridized carbons (Fsp3) is 0. The number of nitrogens with zero attached hydrogens (tertiary/aromatic N) is 2. The van der Waals surface area contributed by atoms with Gasteiger partial charge in [-0.2, -0.15) is 12.1 Å². The summed E-state index contributed by atoms with van der Waals surface area (Å²) in [5, 5.41) is 11.4. The minimum Gasteiger partial charge on any atom is -0.456 e. The number of rotatable bonds is 5. The molecular weight excluding hydrogens is 847 g/mol. The quantitative estimate of drug-likeness (QED) is 0.0979. The van der Waals surface area contributed by atoms with E-state index >= 15 is 0 Å². The molecular formula is C47H28N2OU. The summed E-state index contributed by atoms with van der Waals surface area (Å²) in [6.07, 6.45) is 3.18. The summed E-state index contributed by atoms with van der Waals surface area (Å²) in [7, 11) is 0. The molecule has 4 heteroatoms. The van der Waals surface area contributed by atoms with Crippen LogP contribution in [-0.2, 0) is 0 Å². The number of hydrogen-bond donors (Lipinski definition) is 0. The van der Waals surface area contributed by atoms with E-state index in [1.54, 1.807) is 0 Å². The van der Waals surface area contributed by atoms with Crippen molar-refractivity contribution in [3.8, 4) is 0 Å². The third-order valence-corrected chi connectivity index (χ3v) is 9.65. The van der Waals surface area contributed by atoms with E-state index in [4.69, 9.17) is 4.42 Å². The Balaban J connectivity index is 0.00000348. The molecule has 0 saturated carbocycles. The summed E-state index contributed by atoms with van der Waals surface area (Å²) in [4.78, 5) is 7.06. The zero-order chi connectivity index (χ0) is 33.0. The monoisotopic (exact) mass is 874 g/mol. The molecule has 0 aliphatic rings. The molecule has 0 fully saturated rings. The summed E-state index contributed by atoms with van der Waals surface area (Å²) in [5.41, 5.74) is 6.65. The van der Waals surface area contributed by atoms with Crippen LogP contribution in [0.1, 0.15) is 5.56 Å². The van der Waals surface area contributed by atoms with Crippen molar-refractivity contribution in [3.63, 3.8) is 0 Å². The Hall–Kier alpha value is -5.66. The van der Waals surface area contributed by atoms with Crippen molar-refractivity contribution in [2.24, 2.45) is 4.99 Å². The van der Waals surface area contributed by atoms with Gasteiger partial charge < -0.3 is 14.3 Å². The molecule has 10 aromatic rings. The number of hydrogen-bond acceptors (Lipinski definition) is 3. The van der Waals surface area contributed by atoms with Gasteiger partial charge in [-0.1, -0.05) is 114 Å². The van der Waals surface area contributed by atoms with Crippen LogP contribution >= 0.6 is 0 Å². The average molecular weight is 875 g/mol. The third-order valence-electron chi connectivity index (χ3n) is 9.65. The maximum absolute atomic E-state index is 6.25. The van der Waals surface area contributed by atoms with E-state index in [1.165, 1.54) is 21.5 Å². The van der Waals surface area contributed by atoms with Crippen LogP contribution in [0.15, 0.2) is 179 Å². The first kappa shape index (κ1) is 31.3. The summed E-state index contributed by atoms with van der Waals surface area (Å²) >= 11 is 0. The van der Waals surface area contributed by atoms with Crippen molar-refractivity contribution >= 4 is 94.0 Å². The molecule has 10 rings (SSSR count). The molecule has 0 saturated heterocycles. The van der Waals surface area contributed by atoms with E-state index in [0.717, 1.165) is 71.8 Å². The molecule has 0 aliphatic carbocycles. The predicted molar refractivity (Wildman–Crippen MR) is 210 cm³/mol. The Morgan fingerprint density at radius 3 is 1.96 bits per heavy atom. The van der Waals surface area contributed by atoms with Crippen molar-refractivity contribution in [2.45, 2.75) is 0 Å². The first-order chi connectivity index (χ1) is 24.8. The predicted octanol–water partition coefficient (Wildman–Crippen LogP) is 13.1. The summed E-state index contributed by atoms with van der Waals surface area (Å²) in [5.74, 6) is 0. The molecule has 0 spiro atoms. The van der Waals surface area contributed by atoms with Crippen LogP contribution in [0.2, 0.25) is 0 Å². The first-order valence-electron chi connectivity index (χ1n) is 16.8. The molecule has 0 bridgehead atoms. The number of anilines is 3. The smallest absolute Gasteiger partial charge is 0.456 e. The normalized spacial score (nSPS) is 11.7. The number of fused-ring (bicyclic) bond motifs is 9. The van der Waals surface area contributed by atoms with Gasteiger partial charge in [0.2, 0.25) is 0 Å². The van der Waals surface area contributed by atoms with E-state index in [0.29, 0.717) is 0 Å². The Bertz CT molecular complexity index is 2950. The molecule has 1 heterocycles. The van der Waals surface area contributed by atoms with Crippen LogP contribution in [-0.4, -0.2) is 6.21 Å². The Morgan fingerprint density at radius 2 is 1.10 bits per heavy atom. The Morgan fingerprint density at radius 1 is 0.471 bits per heavy atom. The van der Waals surface area contributed by atoms with Gasteiger partial charge in [-0.05, 0) is 58.8 Å². The molecule has 0 atom stereocenters. The zero-order valence-corrected chi connectivity index (χ0v) is 31.6. The fourth-order valence-electron chi connectivity index (χ4n) is 7.28. The van der Waals surface area contributed by atoms with Gasteiger partial charge >= 0.3 is 31.1 Å². The standard InChI is InChI=1S/C47H28N2O.U/c1-2-10-31(11-3-1)30-48-35-22-20-32-18-19-33-21-23-36(28-43(33)42(32)27-35)49(37-24-25-47-44(29-37)41-16-8-9-17-46(41)50-47)45-26-34-12-4-5-13-38(34)39-14-6-7-15-40(39)45;/h1-26,28-29H;/q-2;+2. The van der Waals surface area contributed by atoms with E-state index in [-0.39, 0.29) is 31.1 Å². The SMILES string of the molecule is [C-](=Nc1[c-]c2c(cc1)ccc1ccc(N(c3ccc4oc5ccccc5c4c3)c3cc4ccccc4c4ccccc34)cc12)c1ccccc1.[U+2]. The van der Waals surface area contributed by atoms with Gasteiger partial charge in [0.05, 0.1) is 5.69 Å². The number of furan rings is 1. The van der Waals surface area contributed by atoms with E-state index in [1.807, 2.05) is 48.5 Å². The maximum Gasteiger partial charge on any atom is 2.00 e. The molecule has 0 amide bonds. The minimum absolute atomic E-state index is 0. The van der Waals surface area contributed by atoms with Gasteiger partial charge in [-0.3, -0.25) is 0 Å². The second kappa shape index (κ2) is 12.9. The summed E-state index contributed by atoms with van der Waals surface area (Å²) < 4.78 is 6.25. The maximum atomic E-state index is 6.25. The molecule has 9 aromatic carbocycles. The largest absolute Gasteiger partial charge is 2.00 e. The van der Waals surface area contributed by atoms with Crippen molar-refractivity contribution < 1.29 is 35.5 Å². The van der Waals surface area contributed by atoms with Gasteiger partial charge in [-0.25, -0.2) is 0 Å². The van der Waals surface area contributed by atoms with Gasteiger partial charge in [-0.15, -0.1) is 46.7 Å². The van der Waals surface area contributed by atoms with Crippen LogP contribution in [0.5, 0.6) is 0 Å². The zero-order valence-electron chi connectivity index (χ0n) is 27.5. The number of benzene rings is 9. The average Bonchev–Trinajstić information content (AvgIpc) is 3.55. The Labute approximate surface area is 318 Å². The Kier molecular flexibility index (Phi) is 7.93. The van der Waals surface area contributed by atoms with Crippen molar-refractivity contribution in [1.29, 1.82) is 0 Å². The molecule has 51 heavy (non-hydrogen) atoms. The van der Waals surface area contributed by atoms with Crippen LogP contribution in [0, 0.1) is 37.2 Å². The van der Waals surface area contributed by atoms with Crippen LogP contribution in [0.4, 0.5) is 22.7 Å². The first-order valence-corrected chi connectivity index (χ1v) is 16.8. The van der Waals surface area contributed by atoms with Crippen LogP contribution in [0.3, 0.4) is 0 Å². The molecule has 0 N–H and O–H groups in total. The van der Waals surface area contributed by atoms with E-state index in [9.17, 15) is 0 Å². The van der Waals surface area contributed by atoms with Crippen molar-refractivity contribution in [3.05, 3.63) is 181 Å². The molecule has 236 valence electrons. The molecule has 0 radical (unpaired) electrons. The van der Waals surface area contributed by atoms with Gasteiger partial charge in [0.15, 0.2) is 0 Å². The summed E-state index contributed by atoms with van der Waals surface area (Å²) in [6, 6.07) is 63.3. The third kappa shape index (κ3) is 5.49. The van der Waals surface area contributed by atoms with E-state index in [2.05, 4.69) is 144 Å². The molecule has 3 nitrogen and oxygen atoms in total. The number of aliphatic imine (C=N–C) groups is 1. The van der Waals surface area contributed by atoms with Gasteiger partial charge in [0.25, 0.3) is 0 Å². The second-order valence-electron chi connectivity index (χ2n) is 12.6. The summed E-state index contributed by atoms with van der Waals surface area (Å²) in [6.45, 7) is 0. The number of para-hydroxylation sites is 1. The van der Waals surface area contributed by atoms with Crippen molar-refractivity contribution in [1.82, 2.24) is 0 Å². The van der Waals surface area contributed by atoms with Crippen LogP contribution in [0.25, 0.3) is 65.0 Å². The topological polar surface area (TPSA) is 28.7 Å². The van der Waals surface area contributed by atoms with Crippen LogP contribution < -0.4 is 4.90 Å². The van der Waals surface area contributed by atoms with Gasteiger partial charge in [0.1, 0.15) is 11.2 Å². The molecule has 0 aliphatic heterocycles. The minimum atomic E-state index is 0. The fourth-order valence-corrected chi connectivity index (χ4v) is 7.28.